The molecule has 0 aliphatic heterocycles. The number of aryl methyl sites for hydroxylation is 1. The van der Waals surface area contributed by atoms with Gasteiger partial charge in [-0.2, -0.15) is 4.80 Å². The predicted octanol–water partition coefficient (Wildman–Crippen LogP) is 2.85. The molecule has 2 amide bonds. The molecule has 9 nitrogen and oxygen atoms in total. The van der Waals surface area contributed by atoms with Crippen LogP contribution in [0.1, 0.15) is 25.8 Å². The monoisotopic (exact) mass is 450 g/mol. The van der Waals surface area contributed by atoms with Gasteiger partial charge in [0.25, 0.3) is 5.91 Å². The number of ether oxygens (including phenoxy) is 1. The van der Waals surface area contributed by atoms with Crippen molar-refractivity contribution in [1.29, 1.82) is 0 Å². The van der Waals surface area contributed by atoms with E-state index in [1.54, 1.807) is 31.4 Å². The van der Waals surface area contributed by atoms with Crippen LogP contribution >= 0.6 is 0 Å². The van der Waals surface area contributed by atoms with Gasteiger partial charge in [-0.1, -0.05) is 49.7 Å². The summed E-state index contributed by atoms with van der Waals surface area (Å²) in [4.78, 5) is 28.4. The maximum Gasteiger partial charge on any atom is 0.251 e. The van der Waals surface area contributed by atoms with E-state index >= 15 is 0 Å². The molecule has 0 radical (unpaired) electrons. The molecular formula is C24H30N6O3. The summed E-state index contributed by atoms with van der Waals surface area (Å²) in [6.45, 7) is 6.46. The van der Waals surface area contributed by atoms with Gasteiger partial charge in [0, 0.05) is 23.9 Å². The normalized spacial score (nSPS) is 10.8. The maximum atomic E-state index is 13.2. The highest BCUT2D eigenvalue weighted by Crippen LogP contribution is 2.21. The third-order valence-corrected chi connectivity index (χ3v) is 5.05. The number of aromatic nitrogens is 4. The van der Waals surface area contributed by atoms with E-state index in [0.29, 0.717) is 29.7 Å². The molecular weight excluding hydrogens is 420 g/mol. The molecule has 0 fully saturated rings. The fourth-order valence-electron chi connectivity index (χ4n) is 3.14. The third-order valence-electron chi connectivity index (χ3n) is 5.05. The molecule has 1 aromatic heterocycles. The first-order valence-electron chi connectivity index (χ1n) is 10.9. The molecule has 0 saturated heterocycles. The summed E-state index contributed by atoms with van der Waals surface area (Å²) >= 11 is 0. The molecule has 0 aliphatic rings. The molecule has 0 bridgehead atoms. The van der Waals surface area contributed by atoms with E-state index in [1.165, 1.54) is 9.70 Å². The number of rotatable bonds is 10. The second-order valence-corrected chi connectivity index (χ2v) is 8.22. The van der Waals surface area contributed by atoms with Gasteiger partial charge in [-0.15, -0.1) is 10.2 Å². The standard InChI is InChI=1S/C24H30N6O3/c1-17(2)12-13-25-22(31)15-29(20-6-5-7-21(14-20)33-4)23(32)16-30-27-24(26-28-30)19-10-8-18(3)9-11-19/h5-11,14,17H,12-13,15-16H2,1-4H3,(H,25,31). The first-order valence-corrected chi connectivity index (χ1v) is 10.9. The van der Waals surface area contributed by atoms with Gasteiger partial charge in [0.2, 0.25) is 11.7 Å². The van der Waals surface area contributed by atoms with E-state index < -0.39 is 0 Å². The van der Waals surface area contributed by atoms with Gasteiger partial charge in [-0.05, 0) is 36.6 Å². The Balaban J connectivity index is 1.75. The summed E-state index contributed by atoms with van der Waals surface area (Å²) < 4.78 is 5.28. The van der Waals surface area contributed by atoms with Gasteiger partial charge in [-0.25, -0.2) is 0 Å². The zero-order chi connectivity index (χ0) is 23.8. The van der Waals surface area contributed by atoms with Gasteiger partial charge >= 0.3 is 0 Å². The van der Waals surface area contributed by atoms with Crippen LogP contribution in [0.25, 0.3) is 11.4 Å². The highest BCUT2D eigenvalue weighted by Gasteiger charge is 2.21. The summed E-state index contributed by atoms with van der Waals surface area (Å²) in [6.07, 6.45) is 0.865. The van der Waals surface area contributed by atoms with Crippen molar-refractivity contribution < 1.29 is 14.3 Å². The molecule has 1 N–H and O–H groups in total. The van der Waals surface area contributed by atoms with Crippen LogP contribution in [0.3, 0.4) is 0 Å². The lowest BCUT2D eigenvalue weighted by Crippen LogP contribution is -2.43. The smallest absolute Gasteiger partial charge is 0.251 e. The molecule has 33 heavy (non-hydrogen) atoms. The quantitative estimate of drug-likeness (QED) is 0.510. The molecule has 3 rings (SSSR count). The Morgan fingerprint density at radius 3 is 2.61 bits per heavy atom. The number of hydrogen-bond donors (Lipinski definition) is 1. The van der Waals surface area contributed by atoms with Crippen molar-refractivity contribution in [3.8, 4) is 17.1 Å². The Hall–Kier alpha value is -3.75. The predicted molar refractivity (Wildman–Crippen MR) is 126 cm³/mol. The fraction of sp³-hybridized carbons (Fsp3) is 0.375. The van der Waals surface area contributed by atoms with Crippen LogP contribution in [0.15, 0.2) is 48.5 Å². The van der Waals surface area contributed by atoms with Crippen molar-refractivity contribution in [1.82, 2.24) is 25.5 Å². The lowest BCUT2D eigenvalue weighted by atomic mass is 10.1. The second-order valence-electron chi connectivity index (χ2n) is 8.22. The van der Waals surface area contributed by atoms with E-state index in [-0.39, 0.29) is 24.9 Å². The minimum absolute atomic E-state index is 0.121. The van der Waals surface area contributed by atoms with Crippen LogP contribution < -0.4 is 15.0 Å². The largest absolute Gasteiger partial charge is 0.497 e. The van der Waals surface area contributed by atoms with E-state index in [9.17, 15) is 9.59 Å². The zero-order valence-corrected chi connectivity index (χ0v) is 19.5. The lowest BCUT2D eigenvalue weighted by molar-refractivity contribution is -0.124. The highest BCUT2D eigenvalue weighted by atomic mass is 16.5. The van der Waals surface area contributed by atoms with Crippen molar-refractivity contribution in [2.45, 2.75) is 33.7 Å². The number of carbonyl (C=O) groups is 2. The number of nitrogens with zero attached hydrogens (tertiary/aromatic N) is 5. The molecule has 3 aromatic rings. The Morgan fingerprint density at radius 1 is 1.15 bits per heavy atom. The van der Waals surface area contributed by atoms with Crippen LogP contribution in [-0.4, -0.2) is 52.2 Å². The van der Waals surface area contributed by atoms with Crippen LogP contribution in [0, 0.1) is 12.8 Å². The van der Waals surface area contributed by atoms with Gasteiger partial charge in [0.05, 0.1) is 7.11 Å². The van der Waals surface area contributed by atoms with Gasteiger partial charge in [0.15, 0.2) is 0 Å². The first-order chi connectivity index (χ1) is 15.9. The Bertz CT molecular complexity index is 1080. The molecule has 0 aliphatic carbocycles. The minimum atomic E-state index is -0.338. The molecule has 0 spiro atoms. The average molecular weight is 451 g/mol. The Kier molecular flexibility index (Phi) is 8.12. The van der Waals surface area contributed by atoms with Crippen LogP contribution in [0.2, 0.25) is 0 Å². The molecule has 9 heteroatoms. The molecule has 174 valence electrons. The van der Waals surface area contributed by atoms with Crippen molar-refractivity contribution >= 4 is 17.5 Å². The number of carbonyl (C=O) groups excluding carboxylic acids is 2. The van der Waals surface area contributed by atoms with Crippen molar-refractivity contribution in [2.75, 3.05) is 25.1 Å². The van der Waals surface area contributed by atoms with Crippen LogP contribution in [0.4, 0.5) is 5.69 Å². The van der Waals surface area contributed by atoms with E-state index in [0.717, 1.165) is 17.5 Å². The fourth-order valence-corrected chi connectivity index (χ4v) is 3.14. The van der Waals surface area contributed by atoms with E-state index in [1.807, 2.05) is 31.2 Å². The summed E-state index contributed by atoms with van der Waals surface area (Å²) in [5.41, 5.74) is 2.49. The Morgan fingerprint density at radius 2 is 1.91 bits per heavy atom. The number of nitrogens with one attached hydrogen (secondary N) is 1. The number of amides is 2. The second kappa shape index (κ2) is 11.2. The highest BCUT2D eigenvalue weighted by molar-refractivity contribution is 5.98. The topological polar surface area (TPSA) is 102 Å². The van der Waals surface area contributed by atoms with E-state index in [2.05, 4.69) is 34.6 Å². The van der Waals surface area contributed by atoms with Gasteiger partial charge in [-0.3, -0.25) is 9.59 Å². The summed E-state index contributed by atoms with van der Waals surface area (Å²) in [6, 6.07) is 14.8. The van der Waals surface area contributed by atoms with Gasteiger partial charge in [0.1, 0.15) is 18.8 Å². The van der Waals surface area contributed by atoms with Gasteiger partial charge < -0.3 is 15.0 Å². The van der Waals surface area contributed by atoms with E-state index in [4.69, 9.17) is 4.74 Å². The summed E-state index contributed by atoms with van der Waals surface area (Å²) in [5.74, 6) is 0.921. The average Bonchev–Trinajstić information content (AvgIpc) is 3.26. The van der Waals surface area contributed by atoms with Crippen molar-refractivity contribution in [2.24, 2.45) is 5.92 Å². The molecule has 0 unspecified atom stereocenters. The maximum absolute atomic E-state index is 13.2. The number of methoxy groups -OCH3 is 1. The zero-order valence-electron chi connectivity index (χ0n) is 19.5. The summed E-state index contributed by atoms with van der Waals surface area (Å²) in [5, 5.41) is 15.3. The Labute approximate surface area is 193 Å². The molecule has 2 aromatic carbocycles. The molecule has 0 saturated carbocycles. The molecule has 0 atom stereocenters. The first kappa shape index (κ1) is 23.9. The molecule has 1 heterocycles. The SMILES string of the molecule is COc1cccc(N(CC(=O)NCCC(C)C)C(=O)Cn2nnc(-c3ccc(C)cc3)n2)c1. The van der Waals surface area contributed by atoms with Crippen molar-refractivity contribution in [3.63, 3.8) is 0 Å². The number of anilines is 1. The van der Waals surface area contributed by atoms with Crippen LogP contribution in [0.5, 0.6) is 5.75 Å². The number of tetrazole rings is 1. The van der Waals surface area contributed by atoms with Crippen LogP contribution in [-0.2, 0) is 16.1 Å². The third kappa shape index (κ3) is 6.86. The number of hydrogen-bond acceptors (Lipinski definition) is 6. The minimum Gasteiger partial charge on any atom is -0.497 e. The lowest BCUT2D eigenvalue weighted by Gasteiger charge is -2.22. The van der Waals surface area contributed by atoms with Crippen molar-refractivity contribution in [3.05, 3.63) is 54.1 Å². The summed E-state index contributed by atoms with van der Waals surface area (Å²) in [7, 11) is 1.55. The number of benzene rings is 2.